The minimum Gasteiger partial charge on any atom is -0.490 e. The van der Waals surface area contributed by atoms with Crippen molar-refractivity contribution < 1.29 is 9.47 Å². The van der Waals surface area contributed by atoms with Gasteiger partial charge in [0, 0.05) is 28.4 Å². The molecule has 1 heterocycles. The van der Waals surface area contributed by atoms with Crippen LogP contribution < -0.4 is 9.47 Å². The third kappa shape index (κ3) is 4.00. The predicted octanol–water partition coefficient (Wildman–Crippen LogP) is 5.46. The number of hydrogen-bond donors (Lipinski definition) is 0. The molecule has 0 fully saturated rings. The molecule has 0 unspecified atom stereocenters. The van der Waals surface area contributed by atoms with Gasteiger partial charge in [-0.25, -0.2) is 0 Å². The van der Waals surface area contributed by atoms with Crippen LogP contribution in [-0.2, 0) is 6.61 Å². The van der Waals surface area contributed by atoms with Crippen molar-refractivity contribution in [3.63, 3.8) is 0 Å². The summed E-state index contributed by atoms with van der Waals surface area (Å²) in [6.45, 7) is 3.63. The van der Waals surface area contributed by atoms with E-state index in [4.69, 9.17) is 32.7 Å². The average Bonchev–Trinajstić information content (AvgIpc) is 3.10. The first-order valence-corrected chi connectivity index (χ1v) is 9.43. The molecule has 0 N–H and O–H groups in total. The predicted molar refractivity (Wildman–Crippen MR) is 102 cm³/mol. The van der Waals surface area contributed by atoms with Crippen LogP contribution in [0.4, 0.5) is 0 Å². The van der Waals surface area contributed by atoms with Crippen molar-refractivity contribution in [1.29, 1.82) is 0 Å². The van der Waals surface area contributed by atoms with E-state index in [-0.39, 0.29) is 0 Å². The summed E-state index contributed by atoms with van der Waals surface area (Å²) in [6, 6.07) is 11.4. The van der Waals surface area contributed by atoms with Crippen molar-refractivity contribution in [2.45, 2.75) is 13.5 Å². The van der Waals surface area contributed by atoms with Gasteiger partial charge in [0.1, 0.15) is 6.61 Å². The molecule has 0 radical (unpaired) electrons. The highest BCUT2D eigenvalue weighted by atomic mass is 35.5. The van der Waals surface area contributed by atoms with E-state index in [1.165, 1.54) is 0 Å². The third-order valence-corrected chi connectivity index (χ3v) is 5.15. The van der Waals surface area contributed by atoms with Crippen LogP contribution in [0.15, 0.2) is 41.4 Å². The monoisotopic (exact) mass is 381 g/mol. The molecule has 0 aromatic heterocycles. The molecule has 24 heavy (non-hydrogen) atoms. The average molecular weight is 382 g/mol. The number of ether oxygens (including phenoxy) is 2. The Labute approximate surface area is 156 Å². The summed E-state index contributed by atoms with van der Waals surface area (Å²) in [7, 11) is 0. The van der Waals surface area contributed by atoms with Gasteiger partial charge in [0.15, 0.2) is 11.5 Å². The van der Waals surface area contributed by atoms with Crippen LogP contribution in [0.5, 0.6) is 11.5 Å². The highest BCUT2D eigenvalue weighted by Crippen LogP contribution is 2.39. The van der Waals surface area contributed by atoms with Gasteiger partial charge in [-0.3, -0.25) is 4.99 Å². The van der Waals surface area contributed by atoms with Gasteiger partial charge in [-0.2, -0.15) is 0 Å². The minimum absolute atomic E-state index is 0.328. The standard InChI is InChI=1S/C18H17Cl2NO2S/c1-2-22-16-10-13(18-21-7-8-24-18)9-15(20)17(16)23-11-12-5-3-4-6-14(12)19/h3-6,9-10H,2,7-8,11H2,1H3. The highest BCUT2D eigenvalue weighted by molar-refractivity contribution is 8.14. The fraction of sp³-hybridized carbons (Fsp3) is 0.278. The quantitative estimate of drug-likeness (QED) is 0.664. The van der Waals surface area contributed by atoms with E-state index in [0.29, 0.717) is 34.8 Å². The maximum Gasteiger partial charge on any atom is 0.180 e. The van der Waals surface area contributed by atoms with Crippen molar-refractivity contribution in [3.8, 4) is 11.5 Å². The van der Waals surface area contributed by atoms with Gasteiger partial charge >= 0.3 is 0 Å². The van der Waals surface area contributed by atoms with Crippen LogP contribution in [-0.4, -0.2) is 23.9 Å². The molecular weight excluding hydrogens is 365 g/mol. The Balaban J connectivity index is 1.87. The van der Waals surface area contributed by atoms with E-state index in [1.54, 1.807) is 11.8 Å². The Bertz CT molecular complexity index is 765. The maximum absolute atomic E-state index is 6.45. The first-order valence-electron chi connectivity index (χ1n) is 7.69. The number of benzene rings is 2. The lowest BCUT2D eigenvalue weighted by molar-refractivity contribution is 0.269. The fourth-order valence-electron chi connectivity index (χ4n) is 2.37. The van der Waals surface area contributed by atoms with Crippen LogP contribution in [0.1, 0.15) is 18.1 Å². The second-order valence-electron chi connectivity index (χ2n) is 5.13. The zero-order valence-corrected chi connectivity index (χ0v) is 15.5. The molecule has 126 valence electrons. The summed E-state index contributed by atoms with van der Waals surface area (Å²) < 4.78 is 11.6. The fourth-order valence-corrected chi connectivity index (χ4v) is 3.67. The van der Waals surface area contributed by atoms with E-state index in [1.807, 2.05) is 43.3 Å². The Hall–Kier alpha value is -1.36. The van der Waals surface area contributed by atoms with Gasteiger partial charge in [-0.1, -0.05) is 41.4 Å². The summed E-state index contributed by atoms with van der Waals surface area (Å²) in [5, 5.41) is 2.17. The summed E-state index contributed by atoms with van der Waals surface area (Å²) in [6.07, 6.45) is 0. The van der Waals surface area contributed by atoms with Crippen molar-refractivity contribution >= 4 is 40.0 Å². The molecule has 2 aromatic carbocycles. The van der Waals surface area contributed by atoms with Crippen LogP contribution in [0.25, 0.3) is 0 Å². The molecule has 3 rings (SSSR count). The highest BCUT2D eigenvalue weighted by Gasteiger charge is 2.18. The van der Waals surface area contributed by atoms with E-state index < -0.39 is 0 Å². The van der Waals surface area contributed by atoms with E-state index in [2.05, 4.69) is 4.99 Å². The zero-order valence-electron chi connectivity index (χ0n) is 13.2. The van der Waals surface area contributed by atoms with Gasteiger partial charge in [0.05, 0.1) is 16.7 Å². The maximum atomic E-state index is 6.45. The molecule has 1 aliphatic rings. The molecular formula is C18H17Cl2NO2S. The topological polar surface area (TPSA) is 30.8 Å². The molecule has 0 spiro atoms. The van der Waals surface area contributed by atoms with E-state index in [0.717, 1.165) is 28.5 Å². The first-order chi connectivity index (χ1) is 11.7. The van der Waals surface area contributed by atoms with Crippen LogP contribution in [0, 0.1) is 0 Å². The van der Waals surface area contributed by atoms with Crippen molar-refractivity contribution in [2.24, 2.45) is 4.99 Å². The number of halogens is 2. The third-order valence-electron chi connectivity index (χ3n) is 3.47. The lowest BCUT2D eigenvalue weighted by Crippen LogP contribution is -2.03. The second kappa shape index (κ2) is 8.15. The zero-order chi connectivity index (χ0) is 16.9. The molecule has 0 saturated heterocycles. The van der Waals surface area contributed by atoms with Crippen molar-refractivity contribution in [2.75, 3.05) is 18.9 Å². The molecule has 0 amide bonds. The molecule has 1 aliphatic heterocycles. The van der Waals surface area contributed by atoms with Gasteiger partial charge < -0.3 is 9.47 Å². The minimum atomic E-state index is 0.328. The lowest BCUT2D eigenvalue weighted by atomic mass is 10.2. The Morgan fingerprint density at radius 1 is 1.12 bits per heavy atom. The number of hydrogen-bond acceptors (Lipinski definition) is 4. The number of aliphatic imine (C=N–C) groups is 1. The van der Waals surface area contributed by atoms with Gasteiger partial charge in [0.25, 0.3) is 0 Å². The largest absolute Gasteiger partial charge is 0.490 e. The van der Waals surface area contributed by atoms with Crippen molar-refractivity contribution in [1.82, 2.24) is 0 Å². The van der Waals surface area contributed by atoms with Crippen LogP contribution in [0.3, 0.4) is 0 Å². The van der Waals surface area contributed by atoms with Crippen LogP contribution in [0.2, 0.25) is 10.0 Å². The summed E-state index contributed by atoms with van der Waals surface area (Å²) >= 11 is 14.4. The molecule has 3 nitrogen and oxygen atoms in total. The lowest BCUT2D eigenvalue weighted by Gasteiger charge is -2.15. The van der Waals surface area contributed by atoms with Gasteiger partial charge in [-0.15, -0.1) is 11.8 Å². The second-order valence-corrected chi connectivity index (χ2v) is 7.03. The number of rotatable bonds is 6. The summed E-state index contributed by atoms with van der Waals surface area (Å²) in [5.41, 5.74) is 1.87. The smallest absolute Gasteiger partial charge is 0.180 e. The Morgan fingerprint density at radius 3 is 2.67 bits per heavy atom. The molecule has 0 atom stereocenters. The van der Waals surface area contributed by atoms with Gasteiger partial charge in [-0.05, 0) is 25.1 Å². The molecule has 2 aromatic rings. The molecule has 6 heteroatoms. The Kier molecular flexibility index (Phi) is 5.93. The van der Waals surface area contributed by atoms with E-state index >= 15 is 0 Å². The first kappa shape index (κ1) is 17.5. The van der Waals surface area contributed by atoms with E-state index in [9.17, 15) is 0 Å². The Morgan fingerprint density at radius 2 is 1.96 bits per heavy atom. The molecule has 0 saturated carbocycles. The van der Waals surface area contributed by atoms with Crippen LogP contribution >= 0.6 is 35.0 Å². The number of nitrogens with zero attached hydrogens (tertiary/aromatic N) is 1. The molecule has 0 aliphatic carbocycles. The van der Waals surface area contributed by atoms with Gasteiger partial charge in [0.2, 0.25) is 0 Å². The summed E-state index contributed by atoms with van der Waals surface area (Å²) in [5.74, 6) is 2.16. The summed E-state index contributed by atoms with van der Waals surface area (Å²) in [4.78, 5) is 4.49. The van der Waals surface area contributed by atoms with Crippen molar-refractivity contribution in [3.05, 3.63) is 57.6 Å². The molecule has 0 bridgehead atoms. The SMILES string of the molecule is CCOc1cc(C2=NCCS2)cc(Cl)c1OCc1ccccc1Cl. The normalized spacial score (nSPS) is 13.7. The number of thioether (sulfide) groups is 1.